The van der Waals surface area contributed by atoms with E-state index in [2.05, 4.69) is 11.4 Å². The topological polar surface area (TPSA) is 75.6 Å². The first kappa shape index (κ1) is 17.2. The summed E-state index contributed by atoms with van der Waals surface area (Å²) in [5.74, 6) is -1.92. The van der Waals surface area contributed by atoms with Crippen LogP contribution in [0.15, 0.2) is 54.6 Å². The second-order valence-electron chi connectivity index (χ2n) is 6.12. The van der Waals surface area contributed by atoms with Crippen molar-refractivity contribution in [2.45, 2.75) is 24.9 Å². The third kappa shape index (κ3) is 4.25. The van der Waals surface area contributed by atoms with E-state index in [1.54, 1.807) is 24.3 Å². The largest absolute Gasteiger partial charge is 0.481 e. The van der Waals surface area contributed by atoms with E-state index >= 15 is 0 Å². The van der Waals surface area contributed by atoms with Crippen LogP contribution in [0.5, 0.6) is 0 Å². The lowest BCUT2D eigenvalue weighted by Gasteiger charge is -2.25. The number of amides is 1. The molecule has 0 radical (unpaired) electrons. The predicted octanol–water partition coefficient (Wildman–Crippen LogP) is 2.68. The summed E-state index contributed by atoms with van der Waals surface area (Å²) in [4.78, 5) is 23.8. The molecule has 0 aromatic heterocycles. The standard InChI is InChI=1S/C20H21NO4/c22-19(12-18-16-9-5-4-8-15(16)10-11-25-18)21-13-17(20(23)24)14-6-2-1-3-7-14/h1-9,17-18H,10-13H2,(H,21,22)(H,23,24). The second kappa shape index (κ2) is 7.94. The monoisotopic (exact) mass is 339 g/mol. The minimum absolute atomic E-state index is 0.0621. The molecule has 0 saturated carbocycles. The van der Waals surface area contributed by atoms with Gasteiger partial charge in [0.05, 0.1) is 25.0 Å². The highest BCUT2D eigenvalue weighted by atomic mass is 16.5. The molecule has 2 atom stereocenters. The van der Waals surface area contributed by atoms with Crippen LogP contribution in [0, 0.1) is 0 Å². The van der Waals surface area contributed by atoms with Crippen molar-refractivity contribution >= 4 is 11.9 Å². The Morgan fingerprint density at radius 1 is 1.12 bits per heavy atom. The van der Waals surface area contributed by atoms with Gasteiger partial charge in [-0.1, -0.05) is 54.6 Å². The fourth-order valence-electron chi connectivity index (χ4n) is 3.14. The van der Waals surface area contributed by atoms with Gasteiger partial charge in [0.15, 0.2) is 0 Å². The average molecular weight is 339 g/mol. The molecule has 5 nitrogen and oxygen atoms in total. The molecule has 1 aliphatic rings. The van der Waals surface area contributed by atoms with Crippen LogP contribution in [-0.2, 0) is 20.7 Å². The molecule has 2 aromatic rings. The van der Waals surface area contributed by atoms with Gasteiger partial charge in [-0.25, -0.2) is 0 Å². The Balaban J connectivity index is 1.60. The molecule has 1 heterocycles. The minimum atomic E-state index is -0.953. The summed E-state index contributed by atoms with van der Waals surface area (Å²) in [6.45, 7) is 0.656. The van der Waals surface area contributed by atoms with E-state index < -0.39 is 11.9 Å². The van der Waals surface area contributed by atoms with Crippen molar-refractivity contribution in [3.8, 4) is 0 Å². The fourth-order valence-corrected chi connectivity index (χ4v) is 3.14. The number of carbonyl (C=O) groups is 2. The maximum atomic E-state index is 12.3. The molecule has 3 rings (SSSR count). The van der Waals surface area contributed by atoms with Gasteiger partial charge in [0.25, 0.3) is 0 Å². The van der Waals surface area contributed by atoms with E-state index in [1.807, 2.05) is 24.3 Å². The van der Waals surface area contributed by atoms with Gasteiger partial charge in [0.1, 0.15) is 0 Å². The minimum Gasteiger partial charge on any atom is -0.481 e. The molecule has 130 valence electrons. The van der Waals surface area contributed by atoms with Gasteiger partial charge in [0.2, 0.25) is 5.91 Å². The smallest absolute Gasteiger partial charge is 0.312 e. The highest BCUT2D eigenvalue weighted by molar-refractivity contribution is 5.80. The highest BCUT2D eigenvalue weighted by Crippen LogP contribution is 2.29. The van der Waals surface area contributed by atoms with E-state index in [0.29, 0.717) is 12.2 Å². The van der Waals surface area contributed by atoms with E-state index in [9.17, 15) is 14.7 Å². The first-order valence-corrected chi connectivity index (χ1v) is 8.39. The van der Waals surface area contributed by atoms with Crippen LogP contribution in [0.4, 0.5) is 0 Å². The van der Waals surface area contributed by atoms with Crippen molar-refractivity contribution in [1.82, 2.24) is 5.32 Å². The van der Waals surface area contributed by atoms with E-state index in [-0.39, 0.29) is 25.0 Å². The van der Waals surface area contributed by atoms with Gasteiger partial charge in [-0.05, 0) is 23.1 Å². The molecule has 0 fully saturated rings. The van der Waals surface area contributed by atoms with Crippen LogP contribution in [0.25, 0.3) is 0 Å². The quantitative estimate of drug-likeness (QED) is 0.848. The molecule has 2 N–H and O–H groups in total. The van der Waals surface area contributed by atoms with E-state index in [1.165, 1.54) is 5.56 Å². The molecule has 2 unspecified atom stereocenters. The summed E-state index contributed by atoms with van der Waals surface area (Å²) in [7, 11) is 0. The zero-order chi connectivity index (χ0) is 17.6. The Hall–Kier alpha value is -2.66. The molecule has 25 heavy (non-hydrogen) atoms. The third-order valence-electron chi connectivity index (χ3n) is 4.47. The number of hydrogen-bond acceptors (Lipinski definition) is 3. The Labute approximate surface area is 146 Å². The maximum absolute atomic E-state index is 12.3. The van der Waals surface area contributed by atoms with Gasteiger partial charge in [-0.3, -0.25) is 9.59 Å². The first-order chi connectivity index (χ1) is 12.1. The maximum Gasteiger partial charge on any atom is 0.312 e. The summed E-state index contributed by atoms with van der Waals surface area (Å²) in [6, 6.07) is 16.9. The van der Waals surface area contributed by atoms with E-state index in [4.69, 9.17) is 4.74 Å². The van der Waals surface area contributed by atoms with Crippen molar-refractivity contribution in [1.29, 1.82) is 0 Å². The molecule has 2 aromatic carbocycles. The van der Waals surface area contributed by atoms with Crippen molar-refractivity contribution < 1.29 is 19.4 Å². The SMILES string of the molecule is O=C(CC1OCCc2ccccc21)NCC(C(=O)O)c1ccccc1. The molecule has 5 heteroatoms. The molecule has 1 aliphatic heterocycles. The van der Waals surface area contributed by atoms with Crippen LogP contribution >= 0.6 is 0 Å². The van der Waals surface area contributed by atoms with Gasteiger partial charge < -0.3 is 15.2 Å². The fraction of sp³-hybridized carbons (Fsp3) is 0.300. The van der Waals surface area contributed by atoms with Crippen LogP contribution in [-0.4, -0.2) is 30.1 Å². The molecular formula is C20H21NO4. The summed E-state index contributed by atoms with van der Waals surface area (Å²) < 4.78 is 5.74. The molecule has 0 bridgehead atoms. The zero-order valence-electron chi connectivity index (χ0n) is 13.9. The number of ether oxygens (including phenoxy) is 1. The molecule has 0 saturated heterocycles. The van der Waals surface area contributed by atoms with Gasteiger partial charge in [-0.15, -0.1) is 0 Å². The van der Waals surface area contributed by atoms with Crippen LogP contribution in [0.3, 0.4) is 0 Å². The summed E-state index contributed by atoms with van der Waals surface area (Å²) in [5, 5.41) is 12.2. The Morgan fingerprint density at radius 2 is 1.84 bits per heavy atom. The number of carbonyl (C=O) groups excluding carboxylic acids is 1. The van der Waals surface area contributed by atoms with Crippen LogP contribution in [0.1, 0.15) is 35.1 Å². The lowest BCUT2D eigenvalue weighted by molar-refractivity contribution is -0.138. The third-order valence-corrected chi connectivity index (χ3v) is 4.47. The number of hydrogen-bond donors (Lipinski definition) is 2. The van der Waals surface area contributed by atoms with Crippen molar-refractivity contribution in [3.05, 3.63) is 71.3 Å². The highest BCUT2D eigenvalue weighted by Gasteiger charge is 2.25. The molecular weight excluding hydrogens is 318 g/mol. The summed E-state index contributed by atoms with van der Waals surface area (Å²) >= 11 is 0. The number of benzene rings is 2. The lowest BCUT2D eigenvalue weighted by atomic mass is 9.95. The Morgan fingerprint density at radius 3 is 2.60 bits per heavy atom. The van der Waals surface area contributed by atoms with Gasteiger partial charge in [-0.2, -0.15) is 0 Å². The van der Waals surface area contributed by atoms with E-state index in [0.717, 1.165) is 12.0 Å². The molecule has 0 spiro atoms. The number of fused-ring (bicyclic) bond motifs is 1. The summed E-state index contributed by atoms with van der Waals surface area (Å²) in [6.07, 6.45) is 0.770. The number of carboxylic acids is 1. The first-order valence-electron chi connectivity index (χ1n) is 8.39. The summed E-state index contributed by atoms with van der Waals surface area (Å²) in [5.41, 5.74) is 2.93. The molecule has 0 aliphatic carbocycles. The van der Waals surface area contributed by atoms with Crippen molar-refractivity contribution in [3.63, 3.8) is 0 Å². The predicted molar refractivity (Wildman–Crippen MR) is 93.3 cm³/mol. The zero-order valence-corrected chi connectivity index (χ0v) is 13.9. The Kier molecular flexibility index (Phi) is 5.46. The normalized spacial score (nSPS) is 17.4. The second-order valence-corrected chi connectivity index (χ2v) is 6.12. The number of carboxylic acid groups (broad SMARTS) is 1. The lowest BCUT2D eigenvalue weighted by Crippen LogP contribution is -2.33. The Bertz CT molecular complexity index is 744. The average Bonchev–Trinajstić information content (AvgIpc) is 2.63. The number of rotatable bonds is 6. The number of nitrogens with one attached hydrogen (secondary N) is 1. The van der Waals surface area contributed by atoms with Gasteiger partial charge >= 0.3 is 5.97 Å². The number of aliphatic carboxylic acids is 1. The van der Waals surface area contributed by atoms with Crippen molar-refractivity contribution in [2.75, 3.05) is 13.2 Å². The van der Waals surface area contributed by atoms with Crippen molar-refractivity contribution in [2.24, 2.45) is 0 Å². The molecule has 1 amide bonds. The van der Waals surface area contributed by atoms with Gasteiger partial charge in [0, 0.05) is 6.54 Å². The van der Waals surface area contributed by atoms with Crippen LogP contribution in [0.2, 0.25) is 0 Å². The van der Waals surface area contributed by atoms with Crippen LogP contribution < -0.4 is 5.32 Å².